The van der Waals surface area contributed by atoms with E-state index in [-0.39, 0.29) is 6.04 Å². The van der Waals surface area contributed by atoms with Crippen molar-refractivity contribution in [3.05, 3.63) is 42.0 Å². The fourth-order valence-electron chi connectivity index (χ4n) is 1.66. The highest BCUT2D eigenvalue weighted by Gasteiger charge is 2.10. The summed E-state index contributed by atoms with van der Waals surface area (Å²) in [5, 5.41) is 3.48. The molecule has 0 aliphatic rings. The fourth-order valence-corrected chi connectivity index (χ4v) is 1.66. The van der Waals surface area contributed by atoms with Crippen molar-refractivity contribution in [1.82, 2.24) is 5.32 Å². The van der Waals surface area contributed by atoms with Crippen molar-refractivity contribution in [2.45, 2.75) is 26.3 Å². The third-order valence-electron chi connectivity index (χ3n) is 2.54. The standard InChI is InChI=1S/C14H21NO/c1-5-10-15-14(11(2)3)12-6-8-13(16-4)9-7-12/h6-9,14-15H,2,5,10H2,1,3-4H3. The summed E-state index contributed by atoms with van der Waals surface area (Å²) in [5.74, 6) is 0.889. The topological polar surface area (TPSA) is 21.3 Å². The molecule has 0 radical (unpaired) electrons. The lowest BCUT2D eigenvalue weighted by Crippen LogP contribution is -2.22. The molecule has 1 aromatic rings. The van der Waals surface area contributed by atoms with E-state index in [1.807, 2.05) is 12.1 Å². The Morgan fingerprint density at radius 2 is 2.00 bits per heavy atom. The summed E-state index contributed by atoms with van der Waals surface area (Å²) in [6, 6.07) is 8.38. The molecule has 0 bridgehead atoms. The highest BCUT2D eigenvalue weighted by Crippen LogP contribution is 2.22. The highest BCUT2D eigenvalue weighted by molar-refractivity contribution is 5.32. The number of hydrogen-bond donors (Lipinski definition) is 1. The second-order valence-corrected chi connectivity index (χ2v) is 4.01. The van der Waals surface area contributed by atoms with E-state index in [0.29, 0.717) is 0 Å². The lowest BCUT2D eigenvalue weighted by molar-refractivity contribution is 0.414. The Morgan fingerprint density at radius 3 is 2.44 bits per heavy atom. The quantitative estimate of drug-likeness (QED) is 0.741. The Balaban J connectivity index is 2.79. The molecule has 1 N–H and O–H groups in total. The molecule has 0 amide bonds. The van der Waals surface area contributed by atoms with Crippen LogP contribution in [0.25, 0.3) is 0 Å². The first kappa shape index (κ1) is 12.8. The molecular weight excluding hydrogens is 198 g/mol. The monoisotopic (exact) mass is 219 g/mol. The van der Waals surface area contributed by atoms with Crippen LogP contribution in [0, 0.1) is 0 Å². The molecule has 0 saturated carbocycles. The molecule has 16 heavy (non-hydrogen) atoms. The molecule has 2 nitrogen and oxygen atoms in total. The number of hydrogen-bond acceptors (Lipinski definition) is 2. The summed E-state index contributed by atoms with van der Waals surface area (Å²) in [6.07, 6.45) is 1.12. The van der Waals surface area contributed by atoms with Gasteiger partial charge in [0.1, 0.15) is 5.75 Å². The summed E-state index contributed by atoms with van der Waals surface area (Å²) >= 11 is 0. The van der Waals surface area contributed by atoms with Gasteiger partial charge >= 0.3 is 0 Å². The number of ether oxygens (including phenoxy) is 1. The maximum absolute atomic E-state index is 5.15. The van der Waals surface area contributed by atoms with Gasteiger partial charge in [0.05, 0.1) is 13.2 Å². The van der Waals surface area contributed by atoms with Gasteiger partial charge < -0.3 is 10.1 Å². The minimum Gasteiger partial charge on any atom is -0.497 e. The summed E-state index contributed by atoms with van der Waals surface area (Å²) in [7, 11) is 1.68. The maximum Gasteiger partial charge on any atom is 0.118 e. The largest absolute Gasteiger partial charge is 0.497 e. The van der Waals surface area contributed by atoms with Gasteiger partial charge in [0.2, 0.25) is 0 Å². The van der Waals surface area contributed by atoms with Crippen LogP contribution in [0.5, 0.6) is 5.75 Å². The summed E-state index contributed by atoms with van der Waals surface area (Å²) in [4.78, 5) is 0. The molecule has 1 atom stereocenters. The van der Waals surface area contributed by atoms with Gasteiger partial charge in [0, 0.05) is 0 Å². The maximum atomic E-state index is 5.15. The van der Waals surface area contributed by atoms with Crippen LogP contribution in [0.2, 0.25) is 0 Å². The molecule has 0 aliphatic heterocycles. The Morgan fingerprint density at radius 1 is 1.38 bits per heavy atom. The molecule has 1 rings (SSSR count). The van der Waals surface area contributed by atoms with Crippen molar-refractivity contribution in [3.8, 4) is 5.75 Å². The van der Waals surface area contributed by atoms with E-state index in [2.05, 4.69) is 37.9 Å². The summed E-state index contributed by atoms with van der Waals surface area (Å²) in [5.41, 5.74) is 2.38. The zero-order chi connectivity index (χ0) is 12.0. The van der Waals surface area contributed by atoms with Crippen molar-refractivity contribution >= 4 is 0 Å². The van der Waals surface area contributed by atoms with E-state index in [1.165, 1.54) is 5.56 Å². The van der Waals surface area contributed by atoms with Gasteiger partial charge in [-0.2, -0.15) is 0 Å². The van der Waals surface area contributed by atoms with Gasteiger partial charge in [-0.1, -0.05) is 31.2 Å². The van der Waals surface area contributed by atoms with Crippen molar-refractivity contribution in [2.75, 3.05) is 13.7 Å². The lowest BCUT2D eigenvalue weighted by atomic mass is 10.0. The van der Waals surface area contributed by atoms with Crippen molar-refractivity contribution in [1.29, 1.82) is 0 Å². The van der Waals surface area contributed by atoms with E-state index in [1.54, 1.807) is 7.11 Å². The normalized spacial score (nSPS) is 12.2. The van der Waals surface area contributed by atoms with Crippen LogP contribution >= 0.6 is 0 Å². The average molecular weight is 219 g/mol. The predicted molar refractivity (Wildman–Crippen MR) is 68.8 cm³/mol. The van der Waals surface area contributed by atoms with E-state index >= 15 is 0 Å². The third kappa shape index (κ3) is 3.38. The van der Waals surface area contributed by atoms with Crippen LogP contribution in [0.15, 0.2) is 36.4 Å². The van der Waals surface area contributed by atoms with Crippen molar-refractivity contribution in [3.63, 3.8) is 0 Å². The molecule has 0 saturated heterocycles. The van der Waals surface area contributed by atoms with Gasteiger partial charge in [-0.3, -0.25) is 0 Å². The van der Waals surface area contributed by atoms with Crippen LogP contribution in [0.1, 0.15) is 31.9 Å². The minimum absolute atomic E-state index is 0.242. The number of nitrogens with one attached hydrogen (secondary N) is 1. The first-order valence-corrected chi connectivity index (χ1v) is 5.71. The average Bonchev–Trinajstić information content (AvgIpc) is 2.30. The number of methoxy groups -OCH3 is 1. The Labute approximate surface area is 98.3 Å². The van der Waals surface area contributed by atoms with Crippen LogP contribution < -0.4 is 10.1 Å². The molecule has 0 fully saturated rings. The molecule has 0 spiro atoms. The van der Waals surface area contributed by atoms with Gasteiger partial charge in [0.15, 0.2) is 0 Å². The molecule has 88 valence electrons. The molecule has 1 aromatic carbocycles. The van der Waals surface area contributed by atoms with Gasteiger partial charge in [0.25, 0.3) is 0 Å². The second-order valence-electron chi connectivity index (χ2n) is 4.01. The first-order chi connectivity index (χ1) is 7.69. The predicted octanol–water partition coefficient (Wildman–Crippen LogP) is 3.31. The smallest absolute Gasteiger partial charge is 0.118 e. The van der Waals surface area contributed by atoms with Crippen LogP contribution in [-0.2, 0) is 0 Å². The van der Waals surface area contributed by atoms with Crippen molar-refractivity contribution in [2.24, 2.45) is 0 Å². The Hall–Kier alpha value is -1.28. The zero-order valence-corrected chi connectivity index (χ0v) is 10.4. The molecule has 0 aromatic heterocycles. The molecule has 0 aliphatic carbocycles. The molecule has 2 heteroatoms. The summed E-state index contributed by atoms with van der Waals surface area (Å²) < 4.78 is 5.15. The van der Waals surface area contributed by atoms with E-state index < -0.39 is 0 Å². The van der Waals surface area contributed by atoms with E-state index in [4.69, 9.17) is 4.74 Å². The van der Waals surface area contributed by atoms with Crippen molar-refractivity contribution < 1.29 is 4.74 Å². The van der Waals surface area contributed by atoms with Crippen LogP contribution in [-0.4, -0.2) is 13.7 Å². The van der Waals surface area contributed by atoms with Gasteiger partial charge in [-0.15, -0.1) is 0 Å². The van der Waals surface area contributed by atoms with Crippen LogP contribution in [0.3, 0.4) is 0 Å². The number of rotatable bonds is 6. The fraction of sp³-hybridized carbons (Fsp3) is 0.429. The Bertz CT molecular complexity index is 329. The second kappa shape index (κ2) is 6.33. The highest BCUT2D eigenvalue weighted by atomic mass is 16.5. The SMILES string of the molecule is C=C(C)C(NCCC)c1ccc(OC)cc1. The molecular formula is C14H21NO. The zero-order valence-electron chi connectivity index (χ0n) is 10.4. The van der Waals surface area contributed by atoms with Crippen LogP contribution in [0.4, 0.5) is 0 Å². The van der Waals surface area contributed by atoms with Gasteiger partial charge in [-0.25, -0.2) is 0 Å². The van der Waals surface area contributed by atoms with E-state index in [9.17, 15) is 0 Å². The van der Waals surface area contributed by atoms with Gasteiger partial charge in [-0.05, 0) is 37.6 Å². The number of benzene rings is 1. The molecule has 0 heterocycles. The minimum atomic E-state index is 0.242. The van der Waals surface area contributed by atoms with E-state index in [0.717, 1.165) is 24.3 Å². The first-order valence-electron chi connectivity index (χ1n) is 5.71. The lowest BCUT2D eigenvalue weighted by Gasteiger charge is -2.19. The molecule has 1 unspecified atom stereocenters. The third-order valence-corrected chi connectivity index (χ3v) is 2.54. The summed E-state index contributed by atoms with van der Waals surface area (Å²) in [6.45, 7) is 9.25. The Kier molecular flexibility index (Phi) is 5.06.